The Labute approximate surface area is 134 Å². The zero-order valence-corrected chi connectivity index (χ0v) is 13.2. The Morgan fingerprint density at radius 3 is 2.32 bits per heavy atom. The van der Waals surface area contributed by atoms with Gasteiger partial charge in [0, 0.05) is 10.0 Å². The van der Waals surface area contributed by atoms with Crippen molar-refractivity contribution in [1.82, 2.24) is 4.72 Å². The van der Waals surface area contributed by atoms with Gasteiger partial charge in [0.2, 0.25) is 15.9 Å². The summed E-state index contributed by atoms with van der Waals surface area (Å²) >= 11 is 11.7. The number of carbonyl (C=O) groups is 1. The lowest BCUT2D eigenvalue weighted by molar-refractivity contribution is -0.121. The summed E-state index contributed by atoms with van der Waals surface area (Å²) in [7, 11) is -4.80. The van der Waals surface area contributed by atoms with Crippen LogP contribution in [0.15, 0.2) is 18.2 Å². The lowest BCUT2D eigenvalue weighted by Crippen LogP contribution is -2.42. The fraction of sp³-hybridized carbons (Fsp3) is 0.417. The van der Waals surface area contributed by atoms with Crippen LogP contribution in [0.4, 0.5) is 13.2 Å². The summed E-state index contributed by atoms with van der Waals surface area (Å²) < 4.78 is 60.8. The van der Waals surface area contributed by atoms with Crippen LogP contribution in [-0.2, 0) is 20.2 Å². The number of alkyl halides is 3. The van der Waals surface area contributed by atoms with Crippen LogP contribution < -0.4 is 4.72 Å². The van der Waals surface area contributed by atoms with Crippen LogP contribution in [0.2, 0.25) is 10.0 Å². The summed E-state index contributed by atoms with van der Waals surface area (Å²) in [5.41, 5.74) is -0.876. The average Bonchev–Trinajstić information content (AvgIpc) is 3.05. The first-order chi connectivity index (χ1) is 9.95. The molecule has 1 amide bonds. The molecule has 1 aliphatic carbocycles. The first kappa shape index (κ1) is 17.4. The van der Waals surface area contributed by atoms with Gasteiger partial charge >= 0.3 is 6.18 Å². The van der Waals surface area contributed by atoms with E-state index in [0.29, 0.717) is 23.4 Å². The summed E-state index contributed by atoms with van der Waals surface area (Å²) in [6.45, 7) is 0. The predicted octanol–water partition coefficient (Wildman–Crippen LogP) is 3.03. The molecule has 2 rings (SSSR count). The van der Waals surface area contributed by atoms with Crippen LogP contribution in [-0.4, -0.2) is 26.3 Å². The molecule has 1 aromatic carbocycles. The minimum absolute atomic E-state index is 0.161. The van der Waals surface area contributed by atoms with Gasteiger partial charge in [0.25, 0.3) is 0 Å². The SMILES string of the molecule is O=C(NS(=O)(=O)CC(F)(F)F)C1(c2ccc(Cl)cc2Cl)CC1. The summed E-state index contributed by atoms with van der Waals surface area (Å²) in [5, 5.41) is 0.489. The summed E-state index contributed by atoms with van der Waals surface area (Å²) in [5.74, 6) is -3.13. The van der Waals surface area contributed by atoms with Crippen LogP contribution in [0.1, 0.15) is 18.4 Å². The van der Waals surface area contributed by atoms with Gasteiger partial charge in [-0.2, -0.15) is 13.2 Å². The fourth-order valence-corrected chi connectivity index (χ4v) is 3.68. The molecule has 1 aromatic rings. The van der Waals surface area contributed by atoms with Gasteiger partial charge in [0.05, 0.1) is 5.41 Å². The molecule has 0 atom stereocenters. The van der Waals surface area contributed by atoms with Gasteiger partial charge in [0.15, 0.2) is 5.75 Å². The van der Waals surface area contributed by atoms with Crippen molar-refractivity contribution < 1.29 is 26.4 Å². The van der Waals surface area contributed by atoms with Crippen molar-refractivity contribution >= 4 is 39.1 Å². The van der Waals surface area contributed by atoms with Crippen LogP contribution in [0.3, 0.4) is 0 Å². The van der Waals surface area contributed by atoms with Gasteiger partial charge in [0.1, 0.15) is 0 Å². The molecule has 1 aliphatic rings. The molecule has 0 saturated heterocycles. The Bertz CT molecular complexity index is 715. The topological polar surface area (TPSA) is 63.2 Å². The molecule has 22 heavy (non-hydrogen) atoms. The summed E-state index contributed by atoms with van der Waals surface area (Å²) in [4.78, 5) is 12.1. The second-order valence-corrected chi connectivity index (χ2v) is 7.58. The number of hydrogen-bond acceptors (Lipinski definition) is 3. The molecule has 1 saturated carbocycles. The van der Waals surface area contributed by atoms with E-state index >= 15 is 0 Å². The van der Waals surface area contributed by atoms with E-state index < -0.39 is 33.3 Å². The van der Waals surface area contributed by atoms with Crippen LogP contribution >= 0.6 is 23.2 Å². The number of benzene rings is 1. The zero-order valence-electron chi connectivity index (χ0n) is 10.9. The van der Waals surface area contributed by atoms with Crippen molar-refractivity contribution in [2.24, 2.45) is 0 Å². The molecule has 0 radical (unpaired) electrons. The number of carbonyl (C=O) groups excluding carboxylic acids is 1. The van der Waals surface area contributed by atoms with E-state index in [1.807, 2.05) is 0 Å². The van der Waals surface area contributed by atoms with Gasteiger partial charge < -0.3 is 0 Å². The summed E-state index contributed by atoms with van der Waals surface area (Å²) in [6.07, 6.45) is -4.34. The Morgan fingerprint density at radius 1 is 1.27 bits per heavy atom. The van der Waals surface area contributed by atoms with Crippen molar-refractivity contribution in [3.8, 4) is 0 Å². The average molecular weight is 376 g/mol. The quantitative estimate of drug-likeness (QED) is 0.879. The van der Waals surface area contributed by atoms with Gasteiger partial charge in [-0.25, -0.2) is 8.42 Å². The zero-order chi connectivity index (χ0) is 16.8. The minimum atomic E-state index is -4.93. The smallest absolute Gasteiger partial charge is 0.273 e. The first-order valence-electron chi connectivity index (χ1n) is 6.02. The highest BCUT2D eigenvalue weighted by Crippen LogP contribution is 2.51. The van der Waals surface area contributed by atoms with Crippen LogP contribution in [0.5, 0.6) is 0 Å². The molecule has 0 bridgehead atoms. The van der Waals surface area contributed by atoms with E-state index in [1.165, 1.54) is 22.9 Å². The molecule has 0 spiro atoms. The van der Waals surface area contributed by atoms with E-state index in [0.717, 1.165) is 0 Å². The third-order valence-electron chi connectivity index (χ3n) is 3.23. The standard InChI is InChI=1S/C12H10Cl2F3NO3S/c13-7-1-2-8(9(14)5-7)11(3-4-11)10(19)18-22(20,21)6-12(15,16)17/h1-2,5H,3-4,6H2,(H,18,19). The normalized spacial score (nSPS) is 17.1. The van der Waals surface area contributed by atoms with E-state index in [9.17, 15) is 26.4 Å². The van der Waals surface area contributed by atoms with Gasteiger partial charge in [-0.15, -0.1) is 0 Å². The maximum Gasteiger partial charge on any atom is 0.404 e. The maximum atomic E-state index is 12.2. The second kappa shape index (κ2) is 5.58. The fourth-order valence-electron chi connectivity index (χ4n) is 2.11. The van der Waals surface area contributed by atoms with Gasteiger partial charge in [-0.1, -0.05) is 29.3 Å². The van der Waals surface area contributed by atoms with E-state index in [-0.39, 0.29) is 5.02 Å². The Balaban J connectivity index is 2.22. The molecule has 4 nitrogen and oxygen atoms in total. The van der Waals surface area contributed by atoms with Crippen molar-refractivity contribution in [3.63, 3.8) is 0 Å². The van der Waals surface area contributed by atoms with Crippen molar-refractivity contribution in [2.75, 3.05) is 5.75 Å². The highest BCUT2D eigenvalue weighted by atomic mass is 35.5. The lowest BCUT2D eigenvalue weighted by Gasteiger charge is -2.18. The van der Waals surface area contributed by atoms with E-state index in [1.54, 1.807) is 0 Å². The molecular formula is C12H10Cl2F3NO3S. The first-order valence-corrected chi connectivity index (χ1v) is 8.43. The molecule has 10 heteroatoms. The van der Waals surface area contributed by atoms with Crippen LogP contribution in [0, 0.1) is 0 Å². The molecule has 0 aliphatic heterocycles. The number of sulfonamides is 1. The Kier molecular flexibility index (Phi) is 4.40. The molecular weight excluding hydrogens is 366 g/mol. The molecule has 122 valence electrons. The largest absolute Gasteiger partial charge is 0.404 e. The van der Waals surface area contributed by atoms with Crippen molar-refractivity contribution in [3.05, 3.63) is 33.8 Å². The molecule has 1 fully saturated rings. The Hall–Kier alpha value is -0.990. The molecule has 1 N–H and O–H groups in total. The van der Waals surface area contributed by atoms with Crippen molar-refractivity contribution in [1.29, 1.82) is 0 Å². The number of halogens is 5. The number of hydrogen-bond donors (Lipinski definition) is 1. The van der Waals surface area contributed by atoms with E-state index in [4.69, 9.17) is 23.2 Å². The number of nitrogens with one attached hydrogen (secondary N) is 1. The third kappa shape index (κ3) is 3.85. The van der Waals surface area contributed by atoms with Crippen molar-refractivity contribution in [2.45, 2.75) is 24.4 Å². The van der Waals surface area contributed by atoms with Crippen LogP contribution in [0.25, 0.3) is 0 Å². The molecule has 0 unspecified atom stereocenters. The minimum Gasteiger partial charge on any atom is -0.273 e. The second-order valence-electron chi connectivity index (χ2n) is 5.01. The predicted molar refractivity (Wildman–Crippen MR) is 75.4 cm³/mol. The third-order valence-corrected chi connectivity index (χ3v) is 4.98. The number of amides is 1. The highest BCUT2D eigenvalue weighted by molar-refractivity contribution is 7.90. The molecule has 0 aromatic heterocycles. The lowest BCUT2D eigenvalue weighted by atomic mass is 9.95. The van der Waals surface area contributed by atoms with Gasteiger partial charge in [-0.05, 0) is 30.5 Å². The maximum absolute atomic E-state index is 12.2. The number of rotatable bonds is 4. The van der Waals surface area contributed by atoms with E-state index in [2.05, 4.69) is 0 Å². The Morgan fingerprint density at radius 2 is 1.86 bits per heavy atom. The monoisotopic (exact) mass is 375 g/mol. The summed E-state index contributed by atoms with van der Waals surface area (Å²) in [6, 6.07) is 4.32. The molecule has 0 heterocycles. The highest BCUT2D eigenvalue weighted by Gasteiger charge is 2.53. The van der Waals surface area contributed by atoms with Gasteiger partial charge in [-0.3, -0.25) is 9.52 Å².